The first-order valence-corrected chi connectivity index (χ1v) is 9.02. The minimum atomic E-state index is -0.437. The molecule has 2 aromatic carbocycles. The lowest BCUT2D eigenvalue weighted by Crippen LogP contribution is -2.35. The van der Waals surface area contributed by atoms with Gasteiger partial charge in [-0.3, -0.25) is 4.79 Å². The van der Waals surface area contributed by atoms with Gasteiger partial charge in [-0.25, -0.2) is 4.39 Å². The lowest BCUT2D eigenvalue weighted by atomic mass is 10.1. The Bertz CT molecular complexity index is 761. The quantitative estimate of drug-likeness (QED) is 0.821. The van der Waals surface area contributed by atoms with Gasteiger partial charge in [0.1, 0.15) is 17.7 Å². The first-order valence-electron chi connectivity index (χ1n) is 8.23. The highest BCUT2D eigenvalue weighted by molar-refractivity contribution is 9.10. The van der Waals surface area contributed by atoms with E-state index in [1.807, 2.05) is 6.07 Å². The maximum absolute atomic E-state index is 13.9. The summed E-state index contributed by atoms with van der Waals surface area (Å²) < 4.78 is 20.5. The van der Waals surface area contributed by atoms with E-state index >= 15 is 0 Å². The Kier molecular flexibility index (Phi) is 5.71. The summed E-state index contributed by atoms with van der Waals surface area (Å²) in [5, 5.41) is 2.73. The predicted octanol–water partition coefficient (Wildman–Crippen LogP) is 4.31. The Balaban J connectivity index is 1.71. The molecule has 1 aliphatic heterocycles. The van der Waals surface area contributed by atoms with Crippen molar-refractivity contribution in [3.8, 4) is 5.75 Å². The number of hydrogen-bond acceptors (Lipinski definition) is 3. The second-order valence-electron chi connectivity index (χ2n) is 6.23. The molecule has 0 bridgehead atoms. The molecule has 132 valence electrons. The van der Waals surface area contributed by atoms with Crippen LogP contribution in [0.1, 0.15) is 23.2 Å². The summed E-state index contributed by atoms with van der Waals surface area (Å²) in [6.07, 6.45) is 1.89. The molecule has 1 heterocycles. The number of piperidine rings is 1. The number of rotatable bonds is 4. The molecule has 1 amide bonds. The van der Waals surface area contributed by atoms with Crippen LogP contribution in [0.2, 0.25) is 0 Å². The fourth-order valence-electron chi connectivity index (χ4n) is 2.84. The van der Waals surface area contributed by atoms with E-state index in [0.29, 0.717) is 21.5 Å². The normalized spacial score (nSPS) is 15.8. The molecule has 0 aliphatic carbocycles. The van der Waals surface area contributed by atoms with E-state index in [-0.39, 0.29) is 12.0 Å². The van der Waals surface area contributed by atoms with Gasteiger partial charge in [0.2, 0.25) is 0 Å². The molecule has 0 unspecified atom stereocenters. The van der Waals surface area contributed by atoms with Gasteiger partial charge in [-0.05, 0) is 54.0 Å². The molecule has 0 aromatic heterocycles. The van der Waals surface area contributed by atoms with Crippen molar-refractivity contribution in [2.45, 2.75) is 18.9 Å². The molecule has 1 fully saturated rings. The molecule has 0 atom stereocenters. The standard InChI is InChI=1S/C19H20BrFN2O2/c1-23-8-6-15(7-9-23)25-16-11-13(21)10-14(12-16)22-19(24)17-4-2-3-5-18(17)20/h2-5,10-12,15H,6-9H2,1H3,(H,22,24). The fourth-order valence-corrected chi connectivity index (χ4v) is 3.31. The molecule has 1 aliphatic rings. The maximum atomic E-state index is 13.9. The molecule has 0 radical (unpaired) electrons. The lowest BCUT2D eigenvalue weighted by Gasteiger charge is -2.29. The number of likely N-dealkylation sites (tertiary alicyclic amines) is 1. The zero-order valence-corrected chi connectivity index (χ0v) is 15.6. The molecule has 6 heteroatoms. The molecule has 4 nitrogen and oxygen atoms in total. The zero-order valence-electron chi connectivity index (χ0n) is 14.0. The molecule has 0 spiro atoms. The second-order valence-corrected chi connectivity index (χ2v) is 7.08. The third-order valence-electron chi connectivity index (χ3n) is 4.22. The van der Waals surface area contributed by atoms with Gasteiger partial charge in [0.15, 0.2) is 0 Å². The summed E-state index contributed by atoms with van der Waals surface area (Å²) >= 11 is 3.35. The Morgan fingerprint density at radius 3 is 2.68 bits per heavy atom. The molecule has 3 rings (SSSR count). The van der Waals surface area contributed by atoms with Crippen LogP contribution in [0.4, 0.5) is 10.1 Å². The van der Waals surface area contributed by atoms with Gasteiger partial charge in [-0.15, -0.1) is 0 Å². The second kappa shape index (κ2) is 7.97. The lowest BCUT2D eigenvalue weighted by molar-refractivity contribution is 0.102. The molecular weight excluding hydrogens is 387 g/mol. The van der Waals surface area contributed by atoms with Crippen molar-refractivity contribution < 1.29 is 13.9 Å². The van der Waals surface area contributed by atoms with Crippen LogP contribution in [0.3, 0.4) is 0 Å². The number of nitrogens with one attached hydrogen (secondary N) is 1. The van der Waals surface area contributed by atoms with E-state index in [4.69, 9.17) is 4.74 Å². The number of benzene rings is 2. The van der Waals surface area contributed by atoms with Gasteiger partial charge in [-0.2, -0.15) is 0 Å². The molecular formula is C19H20BrFN2O2. The molecule has 25 heavy (non-hydrogen) atoms. The Labute approximate surface area is 155 Å². The SMILES string of the molecule is CN1CCC(Oc2cc(F)cc(NC(=O)c3ccccc3Br)c2)CC1. The third-order valence-corrected chi connectivity index (χ3v) is 4.91. The minimum absolute atomic E-state index is 0.0739. The average Bonchev–Trinajstić information content (AvgIpc) is 2.57. The Hall–Kier alpha value is -1.92. The van der Waals surface area contributed by atoms with Crippen LogP contribution in [0.5, 0.6) is 5.75 Å². The highest BCUT2D eigenvalue weighted by Gasteiger charge is 2.19. The highest BCUT2D eigenvalue weighted by Crippen LogP contribution is 2.25. The fraction of sp³-hybridized carbons (Fsp3) is 0.316. The largest absolute Gasteiger partial charge is 0.490 e. The van der Waals surface area contributed by atoms with Crippen molar-refractivity contribution in [2.75, 3.05) is 25.5 Å². The van der Waals surface area contributed by atoms with Crippen LogP contribution in [0.15, 0.2) is 46.9 Å². The molecule has 2 aromatic rings. The molecule has 0 saturated carbocycles. The van der Waals surface area contributed by atoms with Gasteiger partial charge in [-0.1, -0.05) is 12.1 Å². The molecule has 1 saturated heterocycles. The number of halogens is 2. The van der Waals surface area contributed by atoms with Gasteiger partial charge < -0.3 is 15.0 Å². The third kappa shape index (κ3) is 4.80. The topological polar surface area (TPSA) is 41.6 Å². The monoisotopic (exact) mass is 406 g/mol. The van der Waals surface area contributed by atoms with Gasteiger partial charge in [0.25, 0.3) is 5.91 Å². The van der Waals surface area contributed by atoms with E-state index in [1.54, 1.807) is 24.3 Å². The zero-order chi connectivity index (χ0) is 17.8. The summed E-state index contributed by atoms with van der Waals surface area (Å²) in [6.45, 7) is 1.93. The number of carbonyl (C=O) groups excluding carboxylic acids is 1. The first-order chi connectivity index (χ1) is 12.0. The van der Waals surface area contributed by atoms with Gasteiger partial charge in [0, 0.05) is 35.4 Å². The van der Waals surface area contributed by atoms with Crippen LogP contribution >= 0.6 is 15.9 Å². The number of ether oxygens (including phenoxy) is 1. The van der Waals surface area contributed by atoms with Crippen LogP contribution < -0.4 is 10.1 Å². The Morgan fingerprint density at radius 2 is 1.96 bits per heavy atom. The van der Waals surface area contributed by atoms with Crippen LogP contribution in [-0.2, 0) is 0 Å². The van der Waals surface area contributed by atoms with E-state index in [0.717, 1.165) is 25.9 Å². The van der Waals surface area contributed by atoms with E-state index in [1.165, 1.54) is 12.1 Å². The van der Waals surface area contributed by atoms with Gasteiger partial charge in [0.05, 0.1) is 5.56 Å². The summed E-state index contributed by atoms with van der Waals surface area (Å²) in [6, 6.07) is 11.4. The average molecular weight is 407 g/mol. The summed E-state index contributed by atoms with van der Waals surface area (Å²) in [7, 11) is 2.08. The van der Waals surface area contributed by atoms with Crippen molar-refractivity contribution in [1.29, 1.82) is 0 Å². The van der Waals surface area contributed by atoms with Crippen molar-refractivity contribution in [2.24, 2.45) is 0 Å². The molecule has 1 N–H and O–H groups in total. The van der Waals surface area contributed by atoms with Crippen molar-refractivity contribution in [3.63, 3.8) is 0 Å². The number of amides is 1. The van der Waals surface area contributed by atoms with Gasteiger partial charge >= 0.3 is 0 Å². The highest BCUT2D eigenvalue weighted by atomic mass is 79.9. The van der Waals surface area contributed by atoms with Crippen LogP contribution in [0.25, 0.3) is 0 Å². The first kappa shape index (κ1) is 17.9. The van der Waals surface area contributed by atoms with Crippen molar-refractivity contribution in [3.05, 3.63) is 58.3 Å². The number of anilines is 1. The van der Waals surface area contributed by atoms with E-state index in [2.05, 4.69) is 33.2 Å². The van der Waals surface area contributed by atoms with E-state index in [9.17, 15) is 9.18 Å². The summed E-state index contributed by atoms with van der Waals surface area (Å²) in [5.74, 6) is -0.298. The van der Waals surface area contributed by atoms with Crippen molar-refractivity contribution in [1.82, 2.24) is 4.90 Å². The van der Waals surface area contributed by atoms with Crippen molar-refractivity contribution >= 4 is 27.5 Å². The van der Waals surface area contributed by atoms with E-state index < -0.39 is 5.82 Å². The number of hydrogen-bond donors (Lipinski definition) is 1. The minimum Gasteiger partial charge on any atom is -0.490 e. The van der Waals surface area contributed by atoms with Crippen LogP contribution in [-0.4, -0.2) is 37.0 Å². The predicted molar refractivity (Wildman–Crippen MR) is 99.6 cm³/mol. The summed E-state index contributed by atoms with van der Waals surface area (Å²) in [4.78, 5) is 14.6. The smallest absolute Gasteiger partial charge is 0.256 e. The maximum Gasteiger partial charge on any atom is 0.256 e. The number of carbonyl (C=O) groups is 1. The number of nitrogens with zero attached hydrogens (tertiary/aromatic N) is 1. The van der Waals surface area contributed by atoms with Crippen LogP contribution in [0, 0.1) is 5.82 Å². The summed E-state index contributed by atoms with van der Waals surface area (Å²) in [5.41, 5.74) is 0.869. The Morgan fingerprint density at radius 1 is 1.24 bits per heavy atom.